The van der Waals surface area contributed by atoms with E-state index in [2.05, 4.69) is 26.6 Å². The highest BCUT2D eigenvalue weighted by Gasteiger charge is 2.33. The topological polar surface area (TPSA) is 183 Å². The van der Waals surface area contributed by atoms with Gasteiger partial charge in [0.2, 0.25) is 29.5 Å². The Hall–Kier alpha value is -6.22. The molecule has 2 aliphatic heterocycles. The highest BCUT2D eigenvalue weighted by Crippen LogP contribution is 2.29. The standard InChI is InChI=1S/C41H39ClF3N5O7/c42-29-8-4-7-27(19-29)23-31-37(53)48-33(21-25-9-13-28(14-10-25)41(43,44)45)38(54)49-32(20-24-5-2-1-3-6-24)39(55)50-34(40(56)57)22-26-11-15-30(16-12-26)46-35(51)17-18-36(52)47-31/h1-16,19,31-34H,17-18,20-23H2,(H,46,51)(H,47,52)(H,48,53)(H,49,54)(H,50,55)(H,56,57)/t31-,32-,33+,34+/m1/s1. The third-order valence-corrected chi connectivity index (χ3v) is 9.36. The van der Waals surface area contributed by atoms with E-state index in [1.54, 1.807) is 66.7 Å². The Morgan fingerprint density at radius 2 is 1.16 bits per heavy atom. The van der Waals surface area contributed by atoms with Gasteiger partial charge in [0, 0.05) is 49.2 Å². The molecule has 0 saturated heterocycles. The third-order valence-electron chi connectivity index (χ3n) is 9.12. The Morgan fingerprint density at radius 3 is 1.74 bits per heavy atom. The fourth-order valence-corrected chi connectivity index (χ4v) is 6.35. The molecule has 2 aliphatic rings. The van der Waals surface area contributed by atoms with Crippen molar-refractivity contribution >= 4 is 52.8 Å². The molecule has 4 aromatic rings. The van der Waals surface area contributed by atoms with Crippen LogP contribution in [0, 0.1) is 0 Å². The summed E-state index contributed by atoms with van der Waals surface area (Å²) in [5.41, 5.74) is 1.28. The van der Waals surface area contributed by atoms with E-state index in [0.717, 1.165) is 24.3 Å². The zero-order valence-electron chi connectivity index (χ0n) is 30.3. The summed E-state index contributed by atoms with van der Waals surface area (Å²) in [5, 5.41) is 23.4. The second kappa shape index (κ2) is 19.1. The minimum Gasteiger partial charge on any atom is -0.480 e. The summed E-state index contributed by atoms with van der Waals surface area (Å²) in [7, 11) is 0. The van der Waals surface area contributed by atoms with Gasteiger partial charge in [0.25, 0.3) is 0 Å². The van der Waals surface area contributed by atoms with Crippen LogP contribution < -0.4 is 26.6 Å². The number of carbonyl (C=O) groups is 6. The van der Waals surface area contributed by atoms with Gasteiger partial charge < -0.3 is 31.7 Å². The van der Waals surface area contributed by atoms with E-state index >= 15 is 0 Å². The van der Waals surface area contributed by atoms with Crippen LogP contribution in [0.4, 0.5) is 18.9 Å². The number of anilines is 1. The first-order valence-corrected chi connectivity index (χ1v) is 18.3. The fraction of sp³-hybridized carbons (Fsp3) is 0.268. The largest absolute Gasteiger partial charge is 0.480 e. The molecule has 6 rings (SSSR count). The summed E-state index contributed by atoms with van der Waals surface area (Å²) < 4.78 is 40.1. The molecule has 298 valence electrons. The van der Waals surface area contributed by atoms with Crippen LogP contribution in [0.25, 0.3) is 0 Å². The summed E-state index contributed by atoms with van der Waals surface area (Å²) in [5.74, 6) is -5.19. The van der Waals surface area contributed by atoms with Crippen LogP contribution in [0.3, 0.4) is 0 Å². The van der Waals surface area contributed by atoms with Crippen LogP contribution in [0.5, 0.6) is 0 Å². The number of aliphatic carboxylic acids is 1. The number of halogens is 4. The van der Waals surface area contributed by atoms with Crippen LogP contribution in [0.2, 0.25) is 5.02 Å². The van der Waals surface area contributed by atoms with E-state index in [-0.39, 0.29) is 44.1 Å². The van der Waals surface area contributed by atoms with Crippen LogP contribution in [0.15, 0.2) is 103 Å². The molecule has 0 unspecified atom stereocenters. The number of carbonyl (C=O) groups excluding carboxylic acids is 5. The molecule has 0 saturated carbocycles. The van der Waals surface area contributed by atoms with Crippen molar-refractivity contribution in [2.24, 2.45) is 0 Å². The molecule has 16 heteroatoms. The first kappa shape index (κ1) is 41.9. The highest BCUT2D eigenvalue weighted by molar-refractivity contribution is 6.30. The van der Waals surface area contributed by atoms with E-state index in [1.807, 2.05) is 0 Å². The van der Waals surface area contributed by atoms with Crippen molar-refractivity contribution < 1.29 is 47.0 Å². The van der Waals surface area contributed by atoms with Gasteiger partial charge in [-0.2, -0.15) is 13.2 Å². The summed E-state index contributed by atoms with van der Waals surface area (Å²) in [6.07, 6.45) is -5.96. The molecule has 57 heavy (non-hydrogen) atoms. The lowest BCUT2D eigenvalue weighted by atomic mass is 9.99. The Balaban J connectivity index is 1.53. The summed E-state index contributed by atoms with van der Waals surface area (Å²) in [4.78, 5) is 80.5. The number of nitrogens with one attached hydrogen (secondary N) is 5. The fourth-order valence-electron chi connectivity index (χ4n) is 6.14. The molecule has 2 bridgehead atoms. The predicted octanol–water partition coefficient (Wildman–Crippen LogP) is 4.39. The number of benzene rings is 4. The number of alkyl halides is 3. The van der Waals surface area contributed by atoms with E-state index in [4.69, 9.17) is 11.6 Å². The van der Waals surface area contributed by atoms with Gasteiger partial charge in [-0.1, -0.05) is 78.3 Å². The number of rotatable bonds is 7. The normalized spacial score (nSPS) is 20.2. The van der Waals surface area contributed by atoms with E-state index in [1.165, 1.54) is 12.1 Å². The predicted molar refractivity (Wildman–Crippen MR) is 204 cm³/mol. The number of hydrogen-bond donors (Lipinski definition) is 6. The molecule has 2 heterocycles. The highest BCUT2D eigenvalue weighted by atomic mass is 35.5. The number of hydrogen-bond acceptors (Lipinski definition) is 6. The molecular weight excluding hydrogens is 767 g/mol. The van der Waals surface area contributed by atoms with E-state index < -0.39 is 71.4 Å². The van der Waals surface area contributed by atoms with Gasteiger partial charge in [0.1, 0.15) is 24.2 Å². The van der Waals surface area contributed by atoms with Gasteiger partial charge in [0.15, 0.2) is 0 Å². The second-order valence-corrected chi connectivity index (χ2v) is 14.0. The first-order valence-electron chi connectivity index (χ1n) is 17.9. The summed E-state index contributed by atoms with van der Waals surface area (Å²) in [6, 6.07) is 19.5. The van der Waals surface area contributed by atoms with Gasteiger partial charge in [0.05, 0.1) is 5.56 Å². The maximum Gasteiger partial charge on any atom is 0.416 e. The van der Waals surface area contributed by atoms with Crippen molar-refractivity contribution in [3.8, 4) is 0 Å². The molecule has 6 N–H and O–H groups in total. The average Bonchev–Trinajstić information content (AvgIpc) is 3.16. The zero-order chi connectivity index (χ0) is 41.1. The molecule has 0 aromatic heterocycles. The quantitative estimate of drug-likeness (QED) is 0.150. The van der Waals surface area contributed by atoms with Gasteiger partial charge >= 0.3 is 12.1 Å². The molecule has 0 fully saturated rings. The number of carboxylic acids is 1. The van der Waals surface area contributed by atoms with Crippen LogP contribution in [-0.2, 0) is 60.6 Å². The van der Waals surface area contributed by atoms with Crippen molar-refractivity contribution in [1.82, 2.24) is 21.3 Å². The maximum atomic E-state index is 14.2. The number of fused-ring (bicyclic) bond motifs is 18. The molecule has 5 amide bonds. The van der Waals surface area contributed by atoms with Crippen LogP contribution in [0.1, 0.15) is 40.7 Å². The summed E-state index contributed by atoms with van der Waals surface area (Å²) in [6.45, 7) is 0. The van der Waals surface area contributed by atoms with Gasteiger partial charge in [-0.3, -0.25) is 24.0 Å². The second-order valence-electron chi connectivity index (χ2n) is 13.5. The molecule has 0 aliphatic carbocycles. The first-order chi connectivity index (χ1) is 27.1. The maximum absolute atomic E-state index is 14.2. The van der Waals surface area contributed by atoms with Crippen molar-refractivity contribution in [2.45, 2.75) is 68.9 Å². The number of amides is 5. The average molecular weight is 806 g/mol. The molecule has 0 radical (unpaired) electrons. The monoisotopic (exact) mass is 805 g/mol. The zero-order valence-corrected chi connectivity index (χ0v) is 31.0. The Morgan fingerprint density at radius 1 is 0.632 bits per heavy atom. The van der Waals surface area contributed by atoms with Gasteiger partial charge in [-0.05, 0) is 58.7 Å². The van der Waals surface area contributed by atoms with Crippen molar-refractivity contribution in [1.29, 1.82) is 0 Å². The minimum atomic E-state index is -4.64. The van der Waals surface area contributed by atoms with E-state index in [0.29, 0.717) is 27.4 Å². The van der Waals surface area contributed by atoms with Crippen LogP contribution in [-0.4, -0.2) is 64.8 Å². The smallest absolute Gasteiger partial charge is 0.416 e. The lowest BCUT2D eigenvalue weighted by Gasteiger charge is -2.26. The molecule has 4 aromatic carbocycles. The Bertz CT molecular complexity index is 2080. The third kappa shape index (κ3) is 12.7. The number of carboxylic acid groups (broad SMARTS) is 1. The van der Waals surface area contributed by atoms with Gasteiger partial charge in [-0.25, -0.2) is 4.79 Å². The molecule has 12 nitrogen and oxygen atoms in total. The van der Waals surface area contributed by atoms with Crippen LogP contribution >= 0.6 is 11.6 Å². The van der Waals surface area contributed by atoms with E-state index in [9.17, 15) is 47.0 Å². The lowest BCUT2D eigenvalue weighted by molar-refractivity contribution is -0.142. The minimum absolute atomic E-state index is 0.104. The Labute approximate surface area is 330 Å². The summed E-state index contributed by atoms with van der Waals surface area (Å²) >= 11 is 6.18. The van der Waals surface area contributed by atoms with Crippen molar-refractivity contribution in [3.05, 3.63) is 136 Å². The SMILES string of the molecule is O=C1CCC(=O)N[C@H](Cc2cccc(Cl)c2)C(=O)N[C@@H](Cc2ccc(C(F)(F)F)cc2)C(=O)N[C@H](Cc2ccccc2)C(=O)N[C@H](C(=O)O)Cc2ccc(cc2)N1. The molecular formula is C41H39ClF3N5O7. The van der Waals surface area contributed by atoms with Crippen molar-refractivity contribution in [2.75, 3.05) is 5.32 Å². The van der Waals surface area contributed by atoms with Gasteiger partial charge in [-0.15, -0.1) is 0 Å². The lowest BCUT2D eigenvalue weighted by Crippen LogP contribution is -2.59. The Kier molecular flexibility index (Phi) is 14.0. The molecule has 0 spiro atoms. The molecule has 4 atom stereocenters. The van der Waals surface area contributed by atoms with Crippen molar-refractivity contribution in [3.63, 3.8) is 0 Å².